The first-order valence-electron chi connectivity index (χ1n) is 7.07. The summed E-state index contributed by atoms with van der Waals surface area (Å²) in [5.41, 5.74) is 1.01. The van der Waals surface area contributed by atoms with Gasteiger partial charge in [-0.15, -0.1) is 0 Å². The Morgan fingerprint density at radius 2 is 2.00 bits per heavy atom. The van der Waals surface area contributed by atoms with Gasteiger partial charge in [0.15, 0.2) is 0 Å². The van der Waals surface area contributed by atoms with Crippen molar-refractivity contribution in [2.75, 3.05) is 19.8 Å². The number of carbonyl (C=O) groups excluding carboxylic acids is 1. The number of hydrogen-bond donors (Lipinski definition) is 0. The van der Waals surface area contributed by atoms with E-state index in [0.717, 1.165) is 16.3 Å². The fraction of sp³-hybridized carbons (Fsp3) is 0.278. The first-order valence-corrected chi connectivity index (χ1v) is 7.07. The van der Waals surface area contributed by atoms with Gasteiger partial charge in [0, 0.05) is 11.5 Å². The van der Waals surface area contributed by atoms with Crippen LogP contribution in [-0.4, -0.2) is 25.8 Å². The zero-order valence-electron chi connectivity index (χ0n) is 12.0. The summed E-state index contributed by atoms with van der Waals surface area (Å²) >= 11 is 0. The monoisotopic (exact) mass is 282 g/mol. The fourth-order valence-corrected chi connectivity index (χ4v) is 2.38. The van der Waals surface area contributed by atoms with E-state index < -0.39 is 0 Å². The molecule has 1 aliphatic heterocycles. The van der Waals surface area contributed by atoms with Crippen LogP contribution in [-0.2, 0) is 14.3 Å². The summed E-state index contributed by atoms with van der Waals surface area (Å²) < 4.78 is 10.4. The van der Waals surface area contributed by atoms with Crippen molar-refractivity contribution in [2.45, 2.75) is 6.92 Å². The van der Waals surface area contributed by atoms with Gasteiger partial charge < -0.3 is 9.47 Å². The van der Waals surface area contributed by atoms with E-state index in [-0.39, 0.29) is 11.4 Å². The minimum absolute atomic E-state index is 0.0110. The summed E-state index contributed by atoms with van der Waals surface area (Å²) in [5, 5.41) is 2.29. The molecule has 0 aliphatic carbocycles. The highest BCUT2D eigenvalue weighted by Crippen LogP contribution is 2.26. The predicted octanol–water partition coefficient (Wildman–Crippen LogP) is 3.43. The van der Waals surface area contributed by atoms with Crippen LogP contribution in [0.1, 0.15) is 12.5 Å². The molecule has 2 aromatic carbocycles. The van der Waals surface area contributed by atoms with Crippen LogP contribution >= 0.6 is 0 Å². The van der Waals surface area contributed by atoms with Gasteiger partial charge in [0.1, 0.15) is 6.61 Å². The van der Waals surface area contributed by atoms with E-state index in [0.29, 0.717) is 19.8 Å². The Morgan fingerprint density at radius 1 is 1.24 bits per heavy atom. The number of rotatable bonds is 4. The van der Waals surface area contributed by atoms with Crippen LogP contribution in [0.3, 0.4) is 0 Å². The van der Waals surface area contributed by atoms with Crippen LogP contribution in [0.15, 0.2) is 48.5 Å². The average Bonchev–Trinajstić information content (AvgIpc) is 2.49. The van der Waals surface area contributed by atoms with Crippen LogP contribution < -0.4 is 0 Å². The first kappa shape index (κ1) is 13.8. The summed E-state index contributed by atoms with van der Waals surface area (Å²) in [6.07, 6.45) is 3.30. The molecule has 3 heteroatoms. The van der Waals surface area contributed by atoms with E-state index in [1.54, 1.807) is 0 Å². The largest absolute Gasteiger partial charge is 0.462 e. The minimum atomic E-state index is -0.309. The zero-order valence-corrected chi connectivity index (χ0v) is 12.0. The van der Waals surface area contributed by atoms with Crippen molar-refractivity contribution >= 4 is 22.8 Å². The van der Waals surface area contributed by atoms with Gasteiger partial charge in [-0.2, -0.15) is 0 Å². The molecule has 0 atom stereocenters. The van der Waals surface area contributed by atoms with Crippen molar-refractivity contribution in [1.82, 2.24) is 0 Å². The van der Waals surface area contributed by atoms with Gasteiger partial charge in [-0.05, 0) is 22.4 Å². The Morgan fingerprint density at radius 3 is 2.76 bits per heavy atom. The molecule has 0 bridgehead atoms. The molecule has 1 heterocycles. The Kier molecular flexibility index (Phi) is 3.76. The number of ether oxygens (including phenoxy) is 2. The second-order valence-corrected chi connectivity index (χ2v) is 5.81. The molecule has 1 aliphatic rings. The van der Waals surface area contributed by atoms with Gasteiger partial charge >= 0.3 is 5.97 Å². The molecule has 1 fully saturated rings. The Bertz CT molecular complexity index is 678. The molecule has 0 saturated carbocycles. The Hall–Kier alpha value is -2.13. The number of hydrogen-bond acceptors (Lipinski definition) is 3. The molecule has 21 heavy (non-hydrogen) atoms. The van der Waals surface area contributed by atoms with Crippen LogP contribution in [0.25, 0.3) is 16.8 Å². The fourth-order valence-electron chi connectivity index (χ4n) is 2.38. The molecule has 0 unspecified atom stereocenters. The van der Waals surface area contributed by atoms with Crippen LogP contribution in [0, 0.1) is 5.41 Å². The highest BCUT2D eigenvalue weighted by molar-refractivity contribution is 5.94. The smallest absolute Gasteiger partial charge is 0.330 e. The summed E-state index contributed by atoms with van der Waals surface area (Å²) in [7, 11) is 0. The lowest BCUT2D eigenvalue weighted by atomic mass is 9.90. The predicted molar refractivity (Wildman–Crippen MR) is 82.9 cm³/mol. The van der Waals surface area contributed by atoms with Crippen LogP contribution in [0.2, 0.25) is 0 Å². The van der Waals surface area contributed by atoms with Gasteiger partial charge in [0.2, 0.25) is 0 Å². The lowest BCUT2D eigenvalue weighted by Gasteiger charge is -2.36. The highest BCUT2D eigenvalue weighted by atomic mass is 16.5. The van der Waals surface area contributed by atoms with E-state index in [1.165, 1.54) is 6.08 Å². The molecule has 0 radical (unpaired) electrons. The summed E-state index contributed by atoms with van der Waals surface area (Å²) in [6.45, 7) is 3.78. The van der Waals surface area contributed by atoms with Gasteiger partial charge in [-0.25, -0.2) is 4.79 Å². The summed E-state index contributed by atoms with van der Waals surface area (Å²) in [6, 6.07) is 14.1. The Labute approximate surface area is 124 Å². The summed E-state index contributed by atoms with van der Waals surface area (Å²) in [4.78, 5) is 11.8. The molecule has 0 N–H and O–H groups in total. The van der Waals surface area contributed by atoms with Gasteiger partial charge in [0.05, 0.1) is 13.2 Å². The third kappa shape index (κ3) is 3.14. The molecule has 108 valence electrons. The normalized spacial score (nSPS) is 16.8. The lowest BCUT2D eigenvalue weighted by molar-refractivity contribution is -0.160. The van der Waals surface area contributed by atoms with Crippen LogP contribution in [0.4, 0.5) is 0 Å². The zero-order chi connectivity index (χ0) is 14.7. The van der Waals surface area contributed by atoms with E-state index in [1.807, 2.05) is 36.4 Å². The SMILES string of the molecule is CC1(COC(=O)/C=C/c2cccc3ccccc23)COC1. The standard InChI is InChI=1S/C18H18O3/c1-18(11-20-12-18)13-21-17(19)10-9-15-7-4-6-14-5-2-3-8-16(14)15/h2-10H,11-13H2,1H3/b10-9+. The van der Waals surface area contributed by atoms with Gasteiger partial charge in [0.25, 0.3) is 0 Å². The maximum atomic E-state index is 11.8. The van der Waals surface area contributed by atoms with Crippen molar-refractivity contribution in [1.29, 1.82) is 0 Å². The lowest BCUT2D eigenvalue weighted by Crippen LogP contribution is -2.43. The highest BCUT2D eigenvalue weighted by Gasteiger charge is 2.34. The van der Waals surface area contributed by atoms with E-state index >= 15 is 0 Å². The van der Waals surface area contributed by atoms with Gasteiger partial charge in [-0.3, -0.25) is 0 Å². The molecule has 0 amide bonds. The topological polar surface area (TPSA) is 35.5 Å². The van der Waals surface area contributed by atoms with Crippen molar-refractivity contribution in [3.05, 3.63) is 54.1 Å². The van der Waals surface area contributed by atoms with Gasteiger partial charge in [-0.1, -0.05) is 49.4 Å². The molecule has 1 saturated heterocycles. The van der Waals surface area contributed by atoms with Crippen molar-refractivity contribution in [3.63, 3.8) is 0 Å². The van der Waals surface area contributed by atoms with E-state index in [4.69, 9.17) is 9.47 Å². The molecular formula is C18H18O3. The first-order chi connectivity index (χ1) is 10.2. The molecule has 0 aromatic heterocycles. The number of carbonyl (C=O) groups is 1. The maximum absolute atomic E-state index is 11.8. The third-order valence-electron chi connectivity index (χ3n) is 3.69. The number of fused-ring (bicyclic) bond motifs is 1. The van der Waals surface area contributed by atoms with E-state index in [2.05, 4.69) is 19.1 Å². The molecule has 3 nitrogen and oxygen atoms in total. The molecule has 0 spiro atoms. The van der Waals surface area contributed by atoms with Crippen molar-refractivity contribution in [2.24, 2.45) is 5.41 Å². The second kappa shape index (κ2) is 5.70. The maximum Gasteiger partial charge on any atom is 0.330 e. The van der Waals surface area contributed by atoms with Crippen molar-refractivity contribution < 1.29 is 14.3 Å². The third-order valence-corrected chi connectivity index (χ3v) is 3.69. The number of esters is 1. The summed E-state index contributed by atoms with van der Waals surface area (Å²) in [5.74, 6) is -0.309. The second-order valence-electron chi connectivity index (χ2n) is 5.81. The quantitative estimate of drug-likeness (QED) is 0.636. The Balaban J connectivity index is 1.68. The minimum Gasteiger partial charge on any atom is -0.462 e. The molecule has 3 rings (SSSR count). The van der Waals surface area contributed by atoms with E-state index in [9.17, 15) is 4.79 Å². The molecular weight excluding hydrogens is 264 g/mol. The van der Waals surface area contributed by atoms with Crippen molar-refractivity contribution in [3.8, 4) is 0 Å². The van der Waals surface area contributed by atoms with Crippen LogP contribution in [0.5, 0.6) is 0 Å². The number of benzene rings is 2. The molecule has 2 aromatic rings. The average molecular weight is 282 g/mol.